The Bertz CT molecular complexity index is 908. The zero-order valence-corrected chi connectivity index (χ0v) is 17.0. The predicted molar refractivity (Wildman–Crippen MR) is 105 cm³/mol. The van der Waals surface area contributed by atoms with Crippen molar-refractivity contribution in [1.29, 1.82) is 0 Å². The van der Waals surface area contributed by atoms with E-state index in [2.05, 4.69) is 9.97 Å². The fourth-order valence-corrected chi connectivity index (χ4v) is 5.84. The van der Waals surface area contributed by atoms with Gasteiger partial charge in [0, 0.05) is 12.1 Å². The molecular weight excluding hydrogens is 370 g/mol. The van der Waals surface area contributed by atoms with Gasteiger partial charge in [0.15, 0.2) is 15.0 Å². The number of aryl methyl sites for hydroxylation is 1. The van der Waals surface area contributed by atoms with Gasteiger partial charge in [0.05, 0.1) is 28.3 Å². The molecule has 1 aliphatic heterocycles. The smallest absolute Gasteiger partial charge is 0.233 e. The molecule has 2 unspecified atom stereocenters. The van der Waals surface area contributed by atoms with Crippen molar-refractivity contribution in [1.82, 2.24) is 14.9 Å². The van der Waals surface area contributed by atoms with Crippen LogP contribution in [0.3, 0.4) is 0 Å². The summed E-state index contributed by atoms with van der Waals surface area (Å²) < 4.78 is 23.7. The summed E-state index contributed by atoms with van der Waals surface area (Å²) >= 11 is 1.37. The molecule has 1 fully saturated rings. The molecule has 6 nitrogen and oxygen atoms in total. The summed E-state index contributed by atoms with van der Waals surface area (Å²) in [6.07, 6.45) is 1.34. The zero-order valence-electron chi connectivity index (χ0n) is 15.4. The molecule has 0 aliphatic carbocycles. The van der Waals surface area contributed by atoms with Crippen molar-refractivity contribution in [3.63, 3.8) is 0 Å². The fourth-order valence-electron chi connectivity index (χ4n) is 3.37. The largest absolute Gasteiger partial charge is 0.335 e. The van der Waals surface area contributed by atoms with Crippen LogP contribution in [-0.2, 0) is 14.6 Å². The summed E-state index contributed by atoms with van der Waals surface area (Å²) in [7, 11) is -3.02. The van der Waals surface area contributed by atoms with Crippen LogP contribution in [0.25, 0.3) is 11.0 Å². The summed E-state index contributed by atoms with van der Waals surface area (Å²) in [5, 5.41) is 0.710. The van der Waals surface area contributed by atoms with Crippen molar-refractivity contribution in [3.8, 4) is 0 Å². The SMILES string of the molecule is CCC(C)N(C(=O)CSc1nc2ccc(C)cc2[nH]1)C1CCS(=O)(=O)C1. The Morgan fingerprint density at radius 2 is 2.23 bits per heavy atom. The lowest BCUT2D eigenvalue weighted by Crippen LogP contribution is -2.47. The summed E-state index contributed by atoms with van der Waals surface area (Å²) in [5.41, 5.74) is 2.99. The van der Waals surface area contributed by atoms with E-state index in [1.54, 1.807) is 4.90 Å². The van der Waals surface area contributed by atoms with E-state index in [4.69, 9.17) is 0 Å². The number of sulfone groups is 1. The van der Waals surface area contributed by atoms with E-state index >= 15 is 0 Å². The van der Waals surface area contributed by atoms with Crippen molar-refractivity contribution in [2.24, 2.45) is 0 Å². The molecule has 1 aromatic heterocycles. The van der Waals surface area contributed by atoms with Crippen LogP contribution in [0.5, 0.6) is 0 Å². The van der Waals surface area contributed by atoms with Gasteiger partial charge in [-0.15, -0.1) is 0 Å². The molecule has 8 heteroatoms. The van der Waals surface area contributed by atoms with Crippen LogP contribution in [-0.4, -0.2) is 58.5 Å². The van der Waals surface area contributed by atoms with Crippen molar-refractivity contribution < 1.29 is 13.2 Å². The van der Waals surface area contributed by atoms with Crippen LogP contribution in [0.2, 0.25) is 0 Å². The van der Waals surface area contributed by atoms with E-state index < -0.39 is 9.84 Å². The third-order valence-electron chi connectivity index (χ3n) is 4.90. The third-order valence-corrected chi connectivity index (χ3v) is 7.51. The number of amides is 1. The molecule has 1 N–H and O–H groups in total. The molecule has 2 heterocycles. The van der Waals surface area contributed by atoms with Crippen molar-refractivity contribution in [2.75, 3.05) is 17.3 Å². The number of aromatic nitrogens is 2. The maximum absolute atomic E-state index is 12.9. The molecule has 0 saturated carbocycles. The lowest BCUT2D eigenvalue weighted by molar-refractivity contribution is -0.132. The topological polar surface area (TPSA) is 83.1 Å². The lowest BCUT2D eigenvalue weighted by Gasteiger charge is -2.33. The lowest BCUT2D eigenvalue weighted by atomic mass is 10.1. The highest BCUT2D eigenvalue weighted by Crippen LogP contribution is 2.25. The Balaban J connectivity index is 1.70. The van der Waals surface area contributed by atoms with E-state index in [1.807, 2.05) is 39.0 Å². The number of aromatic amines is 1. The molecule has 2 atom stereocenters. The molecule has 1 amide bonds. The fraction of sp³-hybridized carbons (Fsp3) is 0.556. The van der Waals surface area contributed by atoms with Crippen molar-refractivity contribution in [3.05, 3.63) is 23.8 Å². The van der Waals surface area contributed by atoms with Crippen LogP contribution in [0.15, 0.2) is 23.4 Å². The number of benzene rings is 1. The molecule has 0 spiro atoms. The number of carbonyl (C=O) groups excluding carboxylic acids is 1. The van der Waals surface area contributed by atoms with Gasteiger partial charge in [-0.1, -0.05) is 24.8 Å². The number of hydrogen-bond acceptors (Lipinski definition) is 5. The predicted octanol–water partition coefficient (Wildman–Crippen LogP) is 2.78. The van der Waals surface area contributed by atoms with Crippen LogP contribution < -0.4 is 0 Å². The average molecular weight is 396 g/mol. The van der Waals surface area contributed by atoms with Gasteiger partial charge in [-0.3, -0.25) is 4.79 Å². The van der Waals surface area contributed by atoms with E-state index in [1.165, 1.54) is 11.8 Å². The number of carbonyl (C=O) groups is 1. The molecule has 2 aromatic rings. The molecule has 142 valence electrons. The summed E-state index contributed by atoms with van der Waals surface area (Å²) in [6.45, 7) is 6.02. The Hall–Kier alpha value is -1.54. The molecule has 0 radical (unpaired) electrons. The molecule has 0 bridgehead atoms. The van der Waals surface area contributed by atoms with Gasteiger partial charge in [-0.05, 0) is 44.4 Å². The standard InChI is InChI=1S/C18H25N3O3S2/c1-4-13(3)21(14-7-8-26(23,24)11-14)17(22)10-25-18-19-15-6-5-12(2)9-16(15)20-18/h5-6,9,13-14H,4,7-8,10-11H2,1-3H3,(H,19,20). The second-order valence-electron chi connectivity index (χ2n) is 6.97. The number of thioether (sulfide) groups is 1. The van der Waals surface area contributed by atoms with Gasteiger partial charge >= 0.3 is 0 Å². The van der Waals surface area contributed by atoms with Crippen LogP contribution in [0.4, 0.5) is 0 Å². The molecule has 1 saturated heterocycles. The summed E-state index contributed by atoms with van der Waals surface area (Å²) in [5.74, 6) is 0.480. The molecule has 26 heavy (non-hydrogen) atoms. The number of nitrogens with zero attached hydrogens (tertiary/aromatic N) is 2. The third kappa shape index (κ3) is 4.23. The second kappa shape index (κ2) is 7.60. The number of H-pyrrole nitrogens is 1. The monoisotopic (exact) mass is 395 g/mol. The summed E-state index contributed by atoms with van der Waals surface area (Å²) in [6, 6.07) is 5.82. The number of hydrogen-bond donors (Lipinski definition) is 1. The van der Waals surface area contributed by atoms with Crippen molar-refractivity contribution >= 4 is 38.5 Å². The minimum Gasteiger partial charge on any atom is -0.335 e. The second-order valence-corrected chi connectivity index (χ2v) is 10.2. The van der Waals surface area contributed by atoms with Crippen LogP contribution >= 0.6 is 11.8 Å². The Morgan fingerprint density at radius 3 is 2.88 bits per heavy atom. The first-order chi connectivity index (χ1) is 12.3. The highest BCUT2D eigenvalue weighted by molar-refractivity contribution is 7.99. The molecule has 3 rings (SSSR count). The van der Waals surface area contributed by atoms with E-state index in [0.717, 1.165) is 23.0 Å². The van der Waals surface area contributed by atoms with Gasteiger partial charge in [0.2, 0.25) is 5.91 Å². The number of fused-ring (bicyclic) bond motifs is 1. The first-order valence-corrected chi connectivity index (χ1v) is 11.7. The molecule has 1 aliphatic rings. The van der Waals surface area contributed by atoms with Crippen LogP contribution in [0, 0.1) is 6.92 Å². The average Bonchev–Trinajstić information content (AvgIpc) is 3.15. The highest BCUT2D eigenvalue weighted by atomic mass is 32.2. The first-order valence-electron chi connectivity index (χ1n) is 8.90. The number of nitrogens with one attached hydrogen (secondary N) is 1. The Morgan fingerprint density at radius 1 is 1.46 bits per heavy atom. The van der Waals surface area contributed by atoms with Crippen molar-refractivity contribution in [2.45, 2.75) is 50.9 Å². The number of imidazole rings is 1. The molecule has 1 aromatic carbocycles. The van der Waals surface area contributed by atoms with E-state index in [0.29, 0.717) is 11.6 Å². The highest BCUT2D eigenvalue weighted by Gasteiger charge is 2.36. The number of rotatable bonds is 6. The van der Waals surface area contributed by atoms with Gasteiger partial charge in [0.1, 0.15) is 0 Å². The molecular formula is C18H25N3O3S2. The quantitative estimate of drug-likeness (QED) is 0.761. The normalized spacial score (nSPS) is 20.3. The Kier molecular flexibility index (Phi) is 5.62. The zero-order chi connectivity index (χ0) is 18.9. The first kappa shape index (κ1) is 19.2. The maximum Gasteiger partial charge on any atom is 0.233 e. The van der Waals surface area contributed by atoms with Gasteiger partial charge < -0.3 is 9.88 Å². The minimum absolute atomic E-state index is 0.0249. The summed E-state index contributed by atoms with van der Waals surface area (Å²) in [4.78, 5) is 22.4. The van der Waals surface area contributed by atoms with E-state index in [9.17, 15) is 13.2 Å². The van der Waals surface area contributed by atoms with Crippen LogP contribution in [0.1, 0.15) is 32.3 Å². The Labute approximate surface area is 158 Å². The van der Waals surface area contributed by atoms with E-state index in [-0.39, 0.29) is 35.2 Å². The van der Waals surface area contributed by atoms with Gasteiger partial charge in [0.25, 0.3) is 0 Å². The van der Waals surface area contributed by atoms with Gasteiger partial charge in [-0.25, -0.2) is 13.4 Å². The maximum atomic E-state index is 12.9. The minimum atomic E-state index is -3.02. The van der Waals surface area contributed by atoms with Gasteiger partial charge in [-0.2, -0.15) is 0 Å².